The van der Waals surface area contributed by atoms with Crippen LogP contribution in [0.4, 0.5) is 0 Å². The molecule has 0 atom stereocenters. The molecule has 16 heavy (non-hydrogen) atoms. The molecule has 0 spiro atoms. The Hall–Kier alpha value is -1.25. The highest BCUT2D eigenvalue weighted by Crippen LogP contribution is 2.17. The van der Waals surface area contributed by atoms with E-state index in [-0.39, 0.29) is 5.97 Å². The monoisotopic (exact) mass is 224 g/mol. The molecule has 0 aromatic carbocycles. The number of esters is 1. The number of carbonyl (C=O) groups excluding carboxylic acids is 1. The lowest BCUT2D eigenvalue weighted by molar-refractivity contribution is -0.140. The van der Waals surface area contributed by atoms with Gasteiger partial charge in [0.05, 0.1) is 5.76 Å². The van der Waals surface area contributed by atoms with E-state index >= 15 is 0 Å². The molecule has 1 aliphatic rings. The number of carbonyl (C=O) groups is 1. The molecule has 0 bridgehead atoms. The summed E-state index contributed by atoms with van der Waals surface area (Å²) in [5.41, 5.74) is 0.425. The van der Waals surface area contributed by atoms with Crippen molar-refractivity contribution in [3.63, 3.8) is 0 Å². The minimum Gasteiger partial charge on any atom is -0.495 e. The lowest BCUT2D eigenvalue weighted by Gasteiger charge is -2.09. The van der Waals surface area contributed by atoms with Crippen molar-refractivity contribution in [1.82, 2.24) is 0 Å². The Morgan fingerprint density at radius 1 is 1.38 bits per heavy atom. The largest absolute Gasteiger partial charge is 0.495 e. The van der Waals surface area contributed by atoms with Crippen LogP contribution in [0.15, 0.2) is 24.0 Å². The first kappa shape index (κ1) is 12.8. The molecule has 1 aliphatic carbocycles. The number of allylic oxidation sites excluding steroid dienone is 2. The molecule has 0 radical (unpaired) electrons. The highest BCUT2D eigenvalue weighted by molar-refractivity contribution is 5.86. The van der Waals surface area contributed by atoms with Crippen molar-refractivity contribution in [1.29, 1.82) is 0 Å². The normalized spacial score (nSPS) is 15.9. The Labute approximate surface area is 97.1 Å². The molecule has 3 nitrogen and oxygen atoms in total. The number of ether oxygens (including phenoxy) is 2. The number of rotatable bonds is 5. The second-order valence-electron chi connectivity index (χ2n) is 4.03. The van der Waals surface area contributed by atoms with Crippen molar-refractivity contribution in [2.75, 3.05) is 13.2 Å². The molecule has 0 saturated heterocycles. The highest BCUT2D eigenvalue weighted by Gasteiger charge is 2.05. The zero-order valence-electron chi connectivity index (χ0n) is 9.96. The van der Waals surface area contributed by atoms with Gasteiger partial charge in [0, 0.05) is 12.0 Å². The SMILES string of the molecule is C=C(C)C(=O)OCCOC1=CCCCCC1. The Morgan fingerprint density at radius 2 is 2.19 bits per heavy atom. The summed E-state index contributed by atoms with van der Waals surface area (Å²) >= 11 is 0. The van der Waals surface area contributed by atoms with Crippen molar-refractivity contribution in [2.24, 2.45) is 0 Å². The van der Waals surface area contributed by atoms with Crippen LogP contribution in [0.2, 0.25) is 0 Å². The van der Waals surface area contributed by atoms with Gasteiger partial charge in [-0.05, 0) is 32.3 Å². The lowest BCUT2D eigenvalue weighted by Crippen LogP contribution is -2.10. The van der Waals surface area contributed by atoms with Crippen LogP contribution in [0.3, 0.4) is 0 Å². The van der Waals surface area contributed by atoms with Gasteiger partial charge < -0.3 is 9.47 Å². The summed E-state index contributed by atoms with van der Waals surface area (Å²) in [6, 6.07) is 0. The molecule has 0 N–H and O–H groups in total. The van der Waals surface area contributed by atoms with E-state index in [1.165, 1.54) is 19.3 Å². The third-order valence-corrected chi connectivity index (χ3v) is 2.45. The quantitative estimate of drug-likeness (QED) is 0.409. The smallest absolute Gasteiger partial charge is 0.333 e. The maximum absolute atomic E-state index is 11.1. The maximum atomic E-state index is 11.1. The zero-order valence-corrected chi connectivity index (χ0v) is 9.96. The molecular formula is C13H20O3. The average molecular weight is 224 g/mol. The Bertz CT molecular complexity index is 279. The second-order valence-corrected chi connectivity index (χ2v) is 4.03. The van der Waals surface area contributed by atoms with E-state index in [2.05, 4.69) is 12.7 Å². The molecule has 3 heteroatoms. The standard InChI is InChI=1S/C13H20O3/c1-11(2)13(14)16-10-9-15-12-7-5-3-4-6-8-12/h7H,1,3-6,8-10H2,2H3. The molecule has 0 aromatic heterocycles. The van der Waals surface area contributed by atoms with Crippen LogP contribution in [-0.2, 0) is 14.3 Å². The molecule has 0 aliphatic heterocycles. The fourth-order valence-electron chi connectivity index (χ4n) is 1.55. The minimum absolute atomic E-state index is 0.295. The summed E-state index contributed by atoms with van der Waals surface area (Å²) in [7, 11) is 0. The van der Waals surface area contributed by atoms with Gasteiger partial charge in [0.1, 0.15) is 13.2 Å². The predicted molar refractivity (Wildman–Crippen MR) is 62.9 cm³/mol. The van der Waals surface area contributed by atoms with Crippen LogP contribution in [-0.4, -0.2) is 19.2 Å². The molecular weight excluding hydrogens is 204 g/mol. The van der Waals surface area contributed by atoms with Gasteiger partial charge in [-0.2, -0.15) is 0 Å². The van der Waals surface area contributed by atoms with Crippen molar-refractivity contribution >= 4 is 5.97 Å². The fourth-order valence-corrected chi connectivity index (χ4v) is 1.55. The van der Waals surface area contributed by atoms with Crippen molar-refractivity contribution < 1.29 is 14.3 Å². The lowest BCUT2D eigenvalue weighted by atomic mass is 10.2. The van der Waals surface area contributed by atoms with Crippen LogP contribution < -0.4 is 0 Å². The van der Waals surface area contributed by atoms with Gasteiger partial charge in [-0.1, -0.05) is 13.0 Å². The number of hydrogen-bond acceptors (Lipinski definition) is 3. The van der Waals surface area contributed by atoms with E-state index in [1.54, 1.807) is 6.92 Å². The first-order valence-corrected chi connectivity index (χ1v) is 5.84. The van der Waals surface area contributed by atoms with E-state index in [0.717, 1.165) is 18.6 Å². The first-order valence-electron chi connectivity index (χ1n) is 5.84. The van der Waals surface area contributed by atoms with Gasteiger partial charge in [-0.3, -0.25) is 0 Å². The molecule has 90 valence electrons. The van der Waals surface area contributed by atoms with E-state index in [9.17, 15) is 4.79 Å². The molecule has 0 saturated carbocycles. The summed E-state index contributed by atoms with van der Waals surface area (Å²) < 4.78 is 10.5. The Kier molecular flexibility index (Phi) is 5.68. The fraction of sp³-hybridized carbons (Fsp3) is 0.615. The first-order chi connectivity index (χ1) is 7.70. The van der Waals surface area contributed by atoms with E-state index in [1.807, 2.05) is 0 Å². The Morgan fingerprint density at radius 3 is 2.94 bits per heavy atom. The summed E-state index contributed by atoms with van der Waals surface area (Å²) in [5, 5.41) is 0. The summed E-state index contributed by atoms with van der Waals surface area (Å²) in [5.74, 6) is 0.697. The highest BCUT2D eigenvalue weighted by atomic mass is 16.6. The third-order valence-electron chi connectivity index (χ3n) is 2.45. The maximum Gasteiger partial charge on any atom is 0.333 e. The van der Waals surface area contributed by atoms with Crippen LogP contribution >= 0.6 is 0 Å². The van der Waals surface area contributed by atoms with Crippen LogP contribution in [0.5, 0.6) is 0 Å². The van der Waals surface area contributed by atoms with Gasteiger partial charge in [0.15, 0.2) is 0 Å². The van der Waals surface area contributed by atoms with Gasteiger partial charge in [0.25, 0.3) is 0 Å². The predicted octanol–water partition coefficient (Wildman–Crippen LogP) is 2.97. The van der Waals surface area contributed by atoms with Gasteiger partial charge in [-0.25, -0.2) is 4.79 Å². The van der Waals surface area contributed by atoms with Crippen LogP contribution in [0.25, 0.3) is 0 Å². The third kappa shape index (κ3) is 5.01. The molecule has 0 aromatic rings. The summed E-state index contributed by atoms with van der Waals surface area (Å²) in [4.78, 5) is 11.1. The summed E-state index contributed by atoms with van der Waals surface area (Å²) in [6.07, 6.45) is 7.96. The Balaban J connectivity index is 2.12. The summed E-state index contributed by atoms with van der Waals surface area (Å²) in [6.45, 7) is 5.88. The molecule has 0 amide bonds. The van der Waals surface area contributed by atoms with E-state index in [4.69, 9.17) is 9.47 Å². The van der Waals surface area contributed by atoms with Crippen molar-refractivity contribution in [2.45, 2.75) is 39.0 Å². The molecule has 0 unspecified atom stereocenters. The van der Waals surface area contributed by atoms with Gasteiger partial charge in [0.2, 0.25) is 0 Å². The van der Waals surface area contributed by atoms with Crippen molar-refractivity contribution in [3.8, 4) is 0 Å². The van der Waals surface area contributed by atoms with Gasteiger partial charge in [-0.15, -0.1) is 0 Å². The van der Waals surface area contributed by atoms with Crippen LogP contribution in [0, 0.1) is 0 Å². The molecule has 0 heterocycles. The van der Waals surface area contributed by atoms with Crippen LogP contribution in [0.1, 0.15) is 39.0 Å². The van der Waals surface area contributed by atoms with Crippen molar-refractivity contribution in [3.05, 3.63) is 24.0 Å². The number of hydrogen-bond donors (Lipinski definition) is 0. The minimum atomic E-state index is -0.349. The second kappa shape index (κ2) is 7.09. The average Bonchev–Trinajstić information content (AvgIpc) is 2.52. The molecule has 0 fully saturated rings. The van der Waals surface area contributed by atoms with E-state index in [0.29, 0.717) is 18.8 Å². The van der Waals surface area contributed by atoms with E-state index < -0.39 is 0 Å². The molecule has 1 rings (SSSR count). The topological polar surface area (TPSA) is 35.5 Å². The zero-order chi connectivity index (χ0) is 11.8. The van der Waals surface area contributed by atoms with Gasteiger partial charge >= 0.3 is 5.97 Å².